The van der Waals surface area contributed by atoms with E-state index in [1.807, 2.05) is 6.07 Å². The van der Waals surface area contributed by atoms with Crippen LogP contribution in [-0.4, -0.2) is 19.6 Å². The second-order valence-electron chi connectivity index (χ2n) is 3.48. The van der Waals surface area contributed by atoms with Crippen molar-refractivity contribution in [2.24, 2.45) is 5.73 Å². The maximum atomic E-state index is 5.45. The van der Waals surface area contributed by atoms with Gasteiger partial charge in [0.15, 0.2) is 0 Å². The van der Waals surface area contributed by atoms with Crippen LogP contribution < -0.4 is 16.2 Å². The van der Waals surface area contributed by atoms with Crippen LogP contribution >= 0.6 is 0 Å². The van der Waals surface area contributed by atoms with Gasteiger partial charge in [0.05, 0.1) is 5.69 Å². The third-order valence-electron chi connectivity index (χ3n) is 2.32. The molecule has 0 spiro atoms. The smallest absolute Gasteiger partial charge is 0.0519 e. The van der Waals surface area contributed by atoms with Gasteiger partial charge in [0.1, 0.15) is 0 Å². The molecule has 0 unspecified atom stereocenters. The highest BCUT2D eigenvalue weighted by Crippen LogP contribution is 2.09. The number of anilines is 1. The highest BCUT2D eigenvalue weighted by atomic mass is 15.5. The summed E-state index contributed by atoms with van der Waals surface area (Å²) in [5.41, 5.74) is 10.1. The predicted molar refractivity (Wildman–Crippen MR) is 65.8 cm³/mol. The van der Waals surface area contributed by atoms with E-state index in [0.29, 0.717) is 0 Å². The van der Waals surface area contributed by atoms with Crippen LogP contribution in [0, 0.1) is 0 Å². The number of para-hydroxylation sites is 1. The van der Waals surface area contributed by atoms with Crippen molar-refractivity contribution in [2.75, 3.05) is 24.6 Å². The van der Waals surface area contributed by atoms with Gasteiger partial charge in [-0.25, -0.2) is 5.43 Å². The molecule has 3 heteroatoms. The zero-order valence-electron chi connectivity index (χ0n) is 9.45. The molecular weight excluding hydrogens is 186 g/mol. The summed E-state index contributed by atoms with van der Waals surface area (Å²) in [7, 11) is 0. The minimum atomic E-state index is 0.777. The Morgan fingerprint density at radius 2 is 1.93 bits per heavy atom. The Kier molecular flexibility index (Phi) is 5.81. The quantitative estimate of drug-likeness (QED) is 0.529. The first-order valence-corrected chi connectivity index (χ1v) is 5.64. The molecule has 0 aliphatic rings. The van der Waals surface area contributed by atoms with Crippen LogP contribution in [0.2, 0.25) is 0 Å². The first-order chi connectivity index (χ1) is 7.38. The van der Waals surface area contributed by atoms with Gasteiger partial charge in [-0.05, 0) is 38.4 Å². The molecule has 0 aliphatic carbocycles. The molecular formula is C12H21N3. The largest absolute Gasteiger partial charge is 0.330 e. The van der Waals surface area contributed by atoms with E-state index in [-0.39, 0.29) is 0 Å². The van der Waals surface area contributed by atoms with Crippen molar-refractivity contribution in [2.45, 2.75) is 19.8 Å². The average molecular weight is 207 g/mol. The predicted octanol–water partition coefficient (Wildman–Crippen LogP) is 1.76. The fourth-order valence-electron chi connectivity index (χ4n) is 1.48. The molecule has 1 rings (SSSR count). The van der Waals surface area contributed by atoms with Crippen molar-refractivity contribution in [1.82, 2.24) is 5.43 Å². The van der Waals surface area contributed by atoms with Crippen LogP contribution in [0.1, 0.15) is 19.8 Å². The summed E-state index contributed by atoms with van der Waals surface area (Å²) >= 11 is 0. The lowest BCUT2D eigenvalue weighted by atomic mass is 10.3. The third-order valence-corrected chi connectivity index (χ3v) is 2.32. The summed E-state index contributed by atoms with van der Waals surface area (Å²) in [4.78, 5) is 0. The van der Waals surface area contributed by atoms with Crippen LogP contribution in [0.4, 0.5) is 5.69 Å². The van der Waals surface area contributed by atoms with E-state index < -0.39 is 0 Å². The van der Waals surface area contributed by atoms with Gasteiger partial charge < -0.3 is 10.7 Å². The lowest BCUT2D eigenvalue weighted by molar-refractivity contribution is 0.596. The van der Waals surface area contributed by atoms with Crippen molar-refractivity contribution >= 4 is 5.69 Å². The zero-order valence-corrected chi connectivity index (χ0v) is 9.45. The topological polar surface area (TPSA) is 41.3 Å². The Morgan fingerprint density at radius 1 is 1.20 bits per heavy atom. The van der Waals surface area contributed by atoms with Gasteiger partial charge in [-0.15, -0.1) is 0 Å². The Balaban J connectivity index is 2.36. The molecule has 0 atom stereocenters. The van der Waals surface area contributed by atoms with Crippen LogP contribution in [0.3, 0.4) is 0 Å². The molecule has 0 amide bonds. The normalized spacial score (nSPS) is 10.3. The molecule has 0 saturated heterocycles. The minimum Gasteiger partial charge on any atom is -0.330 e. The number of unbranched alkanes of at least 4 members (excludes halogenated alkanes) is 1. The molecule has 1 aromatic rings. The molecule has 1 aromatic carbocycles. The molecule has 0 aliphatic heterocycles. The summed E-state index contributed by atoms with van der Waals surface area (Å²) in [6.07, 6.45) is 2.21. The van der Waals surface area contributed by atoms with Gasteiger partial charge >= 0.3 is 0 Å². The number of nitrogens with zero attached hydrogens (tertiary/aromatic N) is 1. The average Bonchev–Trinajstić information content (AvgIpc) is 2.30. The van der Waals surface area contributed by atoms with Crippen LogP contribution in [0.5, 0.6) is 0 Å². The molecule has 0 saturated carbocycles. The van der Waals surface area contributed by atoms with E-state index in [1.54, 1.807) is 0 Å². The fourth-order valence-corrected chi connectivity index (χ4v) is 1.48. The monoisotopic (exact) mass is 207 g/mol. The standard InChI is InChI=1S/C12H21N3/c1-2-15(14-11-7-6-10-13)12-8-4-3-5-9-12/h3-5,8-9,14H,2,6-7,10-11,13H2,1H3. The molecule has 0 heterocycles. The zero-order chi connectivity index (χ0) is 10.9. The van der Waals surface area contributed by atoms with Crippen molar-refractivity contribution in [3.8, 4) is 0 Å². The van der Waals surface area contributed by atoms with Gasteiger partial charge in [-0.3, -0.25) is 0 Å². The fraction of sp³-hybridized carbons (Fsp3) is 0.500. The minimum absolute atomic E-state index is 0.777. The van der Waals surface area contributed by atoms with Crippen molar-refractivity contribution in [3.05, 3.63) is 30.3 Å². The Morgan fingerprint density at radius 3 is 2.53 bits per heavy atom. The maximum absolute atomic E-state index is 5.45. The first kappa shape index (κ1) is 12.0. The van der Waals surface area contributed by atoms with E-state index in [4.69, 9.17) is 5.73 Å². The van der Waals surface area contributed by atoms with Gasteiger partial charge in [0.25, 0.3) is 0 Å². The number of benzene rings is 1. The van der Waals surface area contributed by atoms with E-state index in [0.717, 1.165) is 32.5 Å². The summed E-state index contributed by atoms with van der Waals surface area (Å²) < 4.78 is 0. The maximum Gasteiger partial charge on any atom is 0.0519 e. The summed E-state index contributed by atoms with van der Waals surface area (Å²) in [5, 5.41) is 2.16. The molecule has 0 bridgehead atoms. The molecule has 0 aromatic heterocycles. The third kappa shape index (κ3) is 4.32. The van der Waals surface area contributed by atoms with Gasteiger partial charge in [0.2, 0.25) is 0 Å². The van der Waals surface area contributed by atoms with E-state index >= 15 is 0 Å². The van der Waals surface area contributed by atoms with Gasteiger partial charge in [-0.2, -0.15) is 0 Å². The van der Waals surface area contributed by atoms with E-state index in [9.17, 15) is 0 Å². The van der Waals surface area contributed by atoms with Gasteiger partial charge in [-0.1, -0.05) is 18.2 Å². The number of hydrogen-bond donors (Lipinski definition) is 2. The van der Waals surface area contributed by atoms with Crippen LogP contribution in [0.25, 0.3) is 0 Å². The Labute approximate surface area is 92.2 Å². The van der Waals surface area contributed by atoms with Crippen molar-refractivity contribution in [1.29, 1.82) is 0 Å². The summed E-state index contributed by atoms with van der Waals surface area (Å²) in [6, 6.07) is 10.4. The molecule has 3 N–H and O–H groups in total. The molecule has 84 valence electrons. The lowest BCUT2D eigenvalue weighted by Crippen LogP contribution is -2.38. The Hall–Kier alpha value is -1.06. The summed E-state index contributed by atoms with van der Waals surface area (Å²) in [6.45, 7) is 4.87. The van der Waals surface area contributed by atoms with Crippen LogP contribution in [-0.2, 0) is 0 Å². The number of hydrazine groups is 1. The SMILES string of the molecule is CCN(NCCCCN)c1ccccc1. The second kappa shape index (κ2) is 7.26. The number of nitrogens with one attached hydrogen (secondary N) is 1. The van der Waals surface area contributed by atoms with Crippen molar-refractivity contribution in [3.63, 3.8) is 0 Å². The van der Waals surface area contributed by atoms with Crippen molar-refractivity contribution < 1.29 is 0 Å². The molecule has 0 radical (unpaired) electrons. The number of hydrogen-bond acceptors (Lipinski definition) is 3. The van der Waals surface area contributed by atoms with E-state index in [1.165, 1.54) is 5.69 Å². The van der Waals surface area contributed by atoms with E-state index in [2.05, 4.69) is 41.6 Å². The second-order valence-corrected chi connectivity index (χ2v) is 3.48. The highest BCUT2D eigenvalue weighted by molar-refractivity contribution is 5.44. The van der Waals surface area contributed by atoms with Crippen LogP contribution in [0.15, 0.2) is 30.3 Å². The Bertz CT molecular complexity index is 248. The first-order valence-electron chi connectivity index (χ1n) is 5.64. The summed E-state index contributed by atoms with van der Waals surface area (Å²) in [5.74, 6) is 0. The lowest BCUT2D eigenvalue weighted by Gasteiger charge is -2.23. The molecule has 0 fully saturated rings. The molecule has 3 nitrogen and oxygen atoms in total. The number of nitrogens with two attached hydrogens (primary N) is 1. The number of rotatable bonds is 7. The highest BCUT2D eigenvalue weighted by Gasteiger charge is 2.00. The molecule has 15 heavy (non-hydrogen) atoms. The van der Waals surface area contributed by atoms with Gasteiger partial charge in [0, 0.05) is 13.1 Å².